The second-order valence-corrected chi connectivity index (χ2v) is 8.61. The molecule has 4 rings (SSSR count). The minimum atomic E-state index is -0.436. The summed E-state index contributed by atoms with van der Waals surface area (Å²) in [5.74, 6) is 6.20. The van der Waals surface area contributed by atoms with Crippen molar-refractivity contribution in [3.63, 3.8) is 0 Å². The summed E-state index contributed by atoms with van der Waals surface area (Å²) in [5.41, 5.74) is 2.19. The highest BCUT2D eigenvalue weighted by Crippen LogP contribution is 2.32. The van der Waals surface area contributed by atoms with E-state index in [1.807, 2.05) is 35.2 Å². The van der Waals surface area contributed by atoms with Gasteiger partial charge < -0.3 is 15.6 Å². The van der Waals surface area contributed by atoms with E-state index < -0.39 is 4.92 Å². The van der Waals surface area contributed by atoms with Gasteiger partial charge in [0.15, 0.2) is 5.16 Å². The van der Waals surface area contributed by atoms with Crippen LogP contribution in [0.25, 0.3) is 11.3 Å². The number of aromatic nitrogens is 2. The number of nitrogens with two attached hydrogens (primary N) is 1. The standard InChI is InChI=1S/C21H21ClN6O3S/c22-16-6-7-18(19(12-16)28(30)31)25-8-10-26(11-9-25)20(29)14-32-21-24-17(13-27(21)23)15-4-2-1-3-5-15/h1-7,12-13H,8-11,14,23H2. The number of hydrogen-bond acceptors (Lipinski definition) is 7. The molecule has 0 saturated carbocycles. The molecule has 0 atom stereocenters. The van der Waals surface area contributed by atoms with E-state index in [2.05, 4.69) is 4.98 Å². The minimum absolute atomic E-state index is 0.0236. The van der Waals surface area contributed by atoms with Crippen molar-refractivity contribution in [2.24, 2.45) is 0 Å². The number of rotatable bonds is 6. The fourth-order valence-electron chi connectivity index (χ4n) is 3.56. The Morgan fingerprint density at radius 3 is 2.56 bits per heavy atom. The van der Waals surface area contributed by atoms with Crippen LogP contribution in [0.2, 0.25) is 5.02 Å². The van der Waals surface area contributed by atoms with E-state index in [1.54, 1.807) is 23.2 Å². The topological polar surface area (TPSA) is 111 Å². The second kappa shape index (κ2) is 9.49. The molecule has 2 aromatic carbocycles. The van der Waals surface area contributed by atoms with E-state index in [9.17, 15) is 14.9 Å². The van der Waals surface area contributed by atoms with Gasteiger partial charge in [0.25, 0.3) is 5.69 Å². The highest BCUT2D eigenvalue weighted by molar-refractivity contribution is 7.99. The Labute approximate surface area is 193 Å². The number of benzene rings is 2. The maximum absolute atomic E-state index is 12.7. The molecule has 9 nitrogen and oxygen atoms in total. The van der Waals surface area contributed by atoms with Crippen molar-refractivity contribution in [1.82, 2.24) is 14.6 Å². The predicted molar refractivity (Wildman–Crippen MR) is 125 cm³/mol. The van der Waals surface area contributed by atoms with E-state index in [0.29, 0.717) is 42.0 Å². The number of nitro groups is 1. The molecule has 0 bridgehead atoms. The quantitative estimate of drug-likeness (QED) is 0.253. The van der Waals surface area contributed by atoms with Gasteiger partial charge in [0, 0.05) is 42.8 Å². The van der Waals surface area contributed by atoms with E-state index in [-0.39, 0.29) is 17.3 Å². The Morgan fingerprint density at radius 1 is 1.16 bits per heavy atom. The van der Waals surface area contributed by atoms with Crippen LogP contribution in [0.4, 0.5) is 11.4 Å². The molecule has 11 heteroatoms. The van der Waals surface area contributed by atoms with Gasteiger partial charge in [-0.05, 0) is 12.1 Å². The molecule has 1 aliphatic rings. The summed E-state index contributed by atoms with van der Waals surface area (Å²) in [6.45, 7) is 1.96. The number of imidazole rings is 1. The number of carbonyl (C=O) groups is 1. The third-order valence-electron chi connectivity index (χ3n) is 5.20. The maximum atomic E-state index is 12.7. The lowest BCUT2D eigenvalue weighted by molar-refractivity contribution is -0.384. The first-order valence-electron chi connectivity index (χ1n) is 9.91. The van der Waals surface area contributed by atoms with E-state index in [1.165, 1.54) is 22.5 Å². The average Bonchev–Trinajstić information content (AvgIpc) is 3.18. The number of halogens is 1. The van der Waals surface area contributed by atoms with Crippen molar-refractivity contribution in [3.05, 3.63) is 69.9 Å². The summed E-state index contributed by atoms with van der Waals surface area (Å²) in [6.07, 6.45) is 1.74. The van der Waals surface area contributed by atoms with Gasteiger partial charge in [-0.2, -0.15) is 0 Å². The summed E-state index contributed by atoms with van der Waals surface area (Å²) in [4.78, 5) is 31.8. The zero-order valence-corrected chi connectivity index (χ0v) is 18.6. The van der Waals surface area contributed by atoms with E-state index in [0.717, 1.165) is 11.3 Å². The number of thioether (sulfide) groups is 1. The monoisotopic (exact) mass is 472 g/mol. The summed E-state index contributed by atoms with van der Waals surface area (Å²) in [5, 5.41) is 12.2. The molecule has 166 valence electrons. The number of carbonyl (C=O) groups excluding carboxylic acids is 1. The average molecular weight is 473 g/mol. The van der Waals surface area contributed by atoms with E-state index >= 15 is 0 Å². The first-order valence-corrected chi connectivity index (χ1v) is 11.3. The molecular formula is C21H21ClN6O3S. The van der Waals surface area contributed by atoms with Crippen molar-refractivity contribution in [2.45, 2.75) is 5.16 Å². The van der Waals surface area contributed by atoms with Gasteiger partial charge in [-0.25, -0.2) is 9.66 Å². The molecule has 2 heterocycles. The maximum Gasteiger partial charge on any atom is 0.294 e. The van der Waals surface area contributed by atoms with Crippen LogP contribution in [0.5, 0.6) is 0 Å². The molecule has 0 radical (unpaired) electrons. The lowest BCUT2D eigenvalue weighted by Gasteiger charge is -2.35. The van der Waals surface area contributed by atoms with Gasteiger partial charge in [-0.15, -0.1) is 0 Å². The van der Waals surface area contributed by atoms with Crippen molar-refractivity contribution in [1.29, 1.82) is 0 Å². The first-order chi connectivity index (χ1) is 15.4. The fraction of sp³-hybridized carbons (Fsp3) is 0.238. The molecule has 2 N–H and O–H groups in total. The third kappa shape index (κ3) is 4.81. The van der Waals surface area contributed by atoms with Gasteiger partial charge in [0.1, 0.15) is 5.69 Å². The van der Waals surface area contributed by atoms with Gasteiger partial charge >= 0.3 is 0 Å². The Bertz CT molecular complexity index is 1130. The summed E-state index contributed by atoms with van der Waals surface area (Å²) < 4.78 is 1.43. The highest BCUT2D eigenvalue weighted by atomic mass is 35.5. The van der Waals surface area contributed by atoms with Crippen LogP contribution < -0.4 is 10.7 Å². The van der Waals surface area contributed by atoms with Gasteiger partial charge in [-0.3, -0.25) is 14.9 Å². The Balaban J connectivity index is 1.34. The van der Waals surface area contributed by atoms with Gasteiger partial charge in [-0.1, -0.05) is 53.7 Å². The molecule has 1 aliphatic heterocycles. The van der Waals surface area contributed by atoms with Crippen molar-refractivity contribution < 1.29 is 9.72 Å². The minimum Gasteiger partial charge on any atom is -0.362 e. The fourth-order valence-corrected chi connectivity index (χ4v) is 4.52. The number of amides is 1. The zero-order chi connectivity index (χ0) is 22.7. The zero-order valence-electron chi connectivity index (χ0n) is 17.1. The third-order valence-corrected chi connectivity index (χ3v) is 6.39. The van der Waals surface area contributed by atoms with Crippen LogP contribution in [-0.4, -0.2) is 57.3 Å². The number of hydrogen-bond donors (Lipinski definition) is 1. The van der Waals surface area contributed by atoms with Crippen LogP contribution in [-0.2, 0) is 4.79 Å². The highest BCUT2D eigenvalue weighted by Gasteiger charge is 2.26. The molecule has 0 spiro atoms. The Kier molecular flexibility index (Phi) is 6.52. The predicted octanol–water partition coefficient (Wildman–Crippen LogP) is 3.27. The molecule has 1 fully saturated rings. The molecule has 3 aromatic rings. The molecule has 32 heavy (non-hydrogen) atoms. The van der Waals surface area contributed by atoms with Crippen molar-refractivity contribution in [2.75, 3.05) is 42.7 Å². The van der Waals surface area contributed by atoms with Crippen LogP contribution in [0.1, 0.15) is 0 Å². The Morgan fingerprint density at radius 2 is 1.88 bits per heavy atom. The Hall–Kier alpha value is -3.24. The lowest BCUT2D eigenvalue weighted by atomic mass is 10.2. The largest absolute Gasteiger partial charge is 0.362 e. The summed E-state index contributed by atoms with van der Waals surface area (Å²) >= 11 is 7.19. The van der Waals surface area contributed by atoms with Crippen LogP contribution in [0.3, 0.4) is 0 Å². The number of piperazine rings is 1. The smallest absolute Gasteiger partial charge is 0.294 e. The van der Waals surface area contributed by atoms with Gasteiger partial charge in [0.05, 0.1) is 22.6 Å². The first kappa shape index (κ1) is 22.0. The van der Waals surface area contributed by atoms with Crippen molar-refractivity contribution >= 4 is 40.6 Å². The molecule has 1 amide bonds. The number of nitrogen functional groups attached to an aromatic ring is 1. The molecule has 0 unspecified atom stereocenters. The normalized spacial score (nSPS) is 13.9. The summed E-state index contributed by atoms with van der Waals surface area (Å²) in [7, 11) is 0. The molecular weight excluding hydrogens is 452 g/mol. The SMILES string of the molecule is Nn1cc(-c2ccccc2)nc1SCC(=O)N1CCN(c2ccc(Cl)cc2[N+](=O)[O-])CC1. The number of anilines is 1. The van der Waals surface area contributed by atoms with Crippen LogP contribution in [0, 0.1) is 10.1 Å². The number of nitrogens with zero attached hydrogens (tertiary/aromatic N) is 5. The lowest BCUT2D eigenvalue weighted by Crippen LogP contribution is -2.49. The van der Waals surface area contributed by atoms with E-state index in [4.69, 9.17) is 17.4 Å². The second-order valence-electron chi connectivity index (χ2n) is 7.23. The summed E-state index contributed by atoms with van der Waals surface area (Å²) in [6, 6.07) is 14.3. The molecule has 1 saturated heterocycles. The molecule has 1 aromatic heterocycles. The molecule has 0 aliphatic carbocycles. The van der Waals surface area contributed by atoms with Crippen molar-refractivity contribution in [3.8, 4) is 11.3 Å². The number of nitro benzene ring substituents is 1. The van der Waals surface area contributed by atoms with Crippen LogP contribution >= 0.6 is 23.4 Å². The van der Waals surface area contributed by atoms with Gasteiger partial charge in [0.2, 0.25) is 5.91 Å². The van der Waals surface area contributed by atoms with Crippen LogP contribution in [0.15, 0.2) is 59.9 Å².